The molecular formula is C19H16N4O2S. The zero-order valence-electron chi connectivity index (χ0n) is 14.0. The highest BCUT2D eigenvalue weighted by Crippen LogP contribution is 2.22. The number of amides is 1. The number of carbonyl (C=O) groups excluding carboxylic acids is 1. The van der Waals surface area contributed by atoms with Crippen LogP contribution in [0.25, 0.3) is 11.0 Å². The minimum absolute atomic E-state index is 0.248. The van der Waals surface area contributed by atoms with Crippen molar-refractivity contribution in [2.24, 2.45) is 0 Å². The van der Waals surface area contributed by atoms with Gasteiger partial charge in [0.05, 0.1) is 0 Å². The van der Waals surface area contributed by atoms with Crippen LogP contribution in [0.5, 0.6) is 0 Å². The molecule has 1 amide bonds. The standard InChI is InChI=1S/C19H16N4O2S/c1-13-20-21-19(26-12-14-7-3-2-4-8-14)23(13)22-18(24)17-11-15-9-5-6-10-16(15)25-17/h2-11H,12H2,1H3,(H,22,24). The Morgan fingerprint density at radius 1 is 1.12 bits per heavy atom. The lowest BCUT2D eigenvalue weighted by molar-refractivity contribution is 0.0981. The third-order valence-corrected chi connectivity index (χ3v) is 4.87. The Morgan fingerprint density at radius 3 is 2.69 bits per heavy atom. The predicted octanol–water partition coefficient (Wildman–Crippen LogP) is 4.01. The molecule has 4 rings (SSSR count). The summed E-state index contributed by atoms with van der Waals surface area (Å²) in [7, 11) is 0. The van der Waals surface area contributed by atoms with Crippen LogP contribution in [-0.4, -0.2) is 20.8 Å². The number of rotatable bonds is 5. The van der Waals surface area contributed by atoms with E-state index in [-0.39, 0.29) is 11.7 Å². The van der Waals surface area contributed by atoms with Gasteiger partial charge in [-0.25, -0.2) is 4.68 Å². The molecular weight excluding hydrogens is 348 g/mol. The Bertz CT molecular complexity index is 1020. The van der Waals surface area contributed by atoms with E-state index < -0.39 is 0 Å². The van der Waals surface area contributed by atoms with Gasteiger partial charge < -0.3 is 4.42 Å². The first kappa shape index (κ1) is 16.4. The lowest BCUT2D eigenvalue weighted by Crippen LogP contribution is -2.24. The second kappa shape index (κ2) is 7.05. The highest BCUT2D eigenvalue weighted by atomic mass is 32.2. The second-order valence-electron chi connectivity index (χ2n) is 5.73. The number of aryl methyl sites for hydroxylation is 1. The van der Waals surface area contributed by atoms with Gasteiger partial charge in [0.1, 0.15) is 11.4 Å². The van der Waals surface area contributed by atoms with Crippen molar-refractivity contribution in [1.29, 1.82) is 0 Å². The molecule has 0 aliphatic heterocycles. The van der Waals surface area contributed by atoms with Gasteiger partial charge in [-0.05, 0) is 24.6 Å². The summed E-state index contributed by atoms with van der Waals surface area (Å²) >= 11 is 1.51. The molecule has 6 nitrogen and oxygen atoms in total. The van der Waals surface area contributed by atoms with Crippen molar-refractivity contribution in [3.63, 3.8) is 0 Å². The zero-order valence-corrected chi connectivity index (χ0v) is 14.9. The van der Waals surface area contributed by atoms with Gasteiger partial charge in [-0.1, -0.05) is 60.3 Å². The number of hydrogen-bond donors (Lipinski definition) is 1. The van der Waals surface area contributed by atoms with E-state index in [2.05, 4.69) is 15.6 Å². The number of carbonyl (C=O) groups is 1. The fourth-order valence-corrected chi connectivity index (χ4v) is 3.43. The Labute approximate surface area is 154 Å². The molecule has 2 aromatic heterocycles. The average Bonchev–Trinajstić information content (AvgIpc) is 3.25. The number of para-hydroxylation sites is 1. The molecule has 0 aliphatic carbocycles. The summed E-state index contributed by atoms with van der Waals surface area (Å²) in [5.41, 5.74) is 4.66. The van der Waals surface area contributed by atoms with Gasteiger partial charge in [-0.15, -0.1) is 10.2 Å². The highest BCUT2D eigenvalue weighted by molar-refractivity contribution is 7.98. The summed E-state index contributed by atoms with van der Waals surface area (Å²) in [5, 5.41) is 9.72. The van der Waals surface area contributed by atoms with E-state index >= 15 is 0 Å². The summed E-state index contributed by atoms with van der Waals surface area (Å²) in [6.07, 6.45) is 0. The Hall–Kier alpha value is -3.06. The molecule has 0 saturated carbocycles. The van der Waals surface area contributed by atoms with Crippen LogP contribution in [0.3, 0.4) is 0 Å². The van der Waals surface area contributed by atoms with Crippen LogP contribution >= 0.6 is 11.8 Å². The Kier molecular flexibility index (Phi) is 4.45. The lowest BCUT2D eigenvalue weighted by atomic mass is 10.2. The van der Waals surface area contributed by atoms with Gasteiger partial charge >= 0.3 is 5.91 Å². The van der Waals surface area contributed by atoms with Crippen LogP contribution in [0.2, 0.25) is 0 Å². The molecule has 2 heterocycles. The van der Waals surface area contributed by atoms with E-state index in [9.17, 15) is 4.79 Å². The summed E-state index contributed by atoms with van der Waals surface area (Å²) in [6, 6.07) is 19.3. The van der Waals surface area contributed by atoms with Crippen LogP contribution in [0.15, 0.2) is 70.2 Å². The minimum Gasteiger partial charge on any atom is -0.451 e. The highest BCUT2D eigenvalue weighted by Gasteiger charge is 2.16. The van der Waals surface area contributed by atoms with Crippen molar-refractivity contribution in [2.75, 3.05) is 5.43 Å². The van der Waals surface area contributed by atoms with Gasteiger partial charge in [0.15, 0.2) is 5.76 Å². The minimum atomic E-state index is -0.342. The van der Waals surface area contributed by atoms with E-state index in [0.29, 0.717) is 16.6 Å². The number of thioether (sulfide) groups is 1. The molecule has 0 spiro atoms. The average molecular weight is 364 g/mol. The van der Waals surface area contributed by atoms with Crippen molar-refractivity contribution < 1.29 is 9.21 Å². The number of furan rings is 1. The molecule has 26 heavy (non-hydrogen) atoms. The molecule has 0 fully saturated rings. The Morgan fingerprint density at radius 2 is 1.88 bits per heavy atom. The molecule has 0 radical (unpaired) electrons. The number of hydrogen-bond acceptors (Lipinski definition) is 5. The number of benzene rings is 2. The molecule has 4 aromatic rings. The van der Waals surface area contributed by atoms with E-state index in [4.69, 9.17) is 4.42 Å². The van der Waals surface area contributed by atoms with Crippen LogP contribution in [0.1, 0.15) is 21.9 Å². The number of nitrogens with zero attached hydrogens (tertiary/aromatic N) is 3. The fourth-order valence-electron chi connectivity index (χ4n) is 2.54. The first-order valence-electron chi connectivity index (χ1n) is 8.09. The van der Waals surface area contributed by atoms with Gasteiger partial charge in [0, 0.05) is 11.1 Å². The van der Waals surface area contributed by atoms with Gasteiger partial charge in [-0.3, -0.25) is 10.2 Å². The third kappa shape index (κ3) is 3.34. The van der Waals surface area contributed by atoms with Crippen molar-refractivity contribution in [3.05, 3.63) is 77.8 Å². The normalized spacial score (nSPS) is 11.0. The number of aromatic nitrogens is 3. The number of nitrogens with one attached hydrogen (secondary N) is 1. The van der Waals surface area contributed by atoms with Crippen molar-refractivity contribution >= 4 is 28.6 Å². The van der Waals surface area contributed by atoms with Gasteiger partial charge in [0.2, 0.25) is 5.16 Å². The maximum atomic E-state index is 12.6. The van der Waals surface area contributed by atoms with Crippen molar-refractivity contribution in [3.8, 4) is 0 Å². The SMILES string of the molecule is Cc1nnc(SCc2ccccc2)n1NC(=O)c1cc2ccccc2o1. The summed E-state index contributed by atoms with van der Waals surface area (Å²) < 4.78 is 7.20. The maximum Gasteiger partial charge on any atom is 0.305 e. The third-order valence-electron chi connectivity index (χ3n) is 3.87. The molecule has 130 valence electrons. The summed E-state index contributed by atoms with van der Waals surface area (Å²) in [5.74, 6) is 1.24. The molecule has 0 aliphatic rings. The van der Waals surface area contributed by atoms with Crippen LogP contribution < -0.4 is 5.43 Å². The van der Waals surface area contributed by atoms with Crippen molar-refractivity contribution in [2.45, 2.75) is 17.8 Å². The molecule has 0 atom stereocenters. The molecule has 0 unspecified atom stereocenters. The van der Waals surface area contributed by atoms with Gasteiger partial charge in [-0.2, -0.15) is 0 Å². The molecule has 7 heteroatoms. The first-order chi connectivity index (χ1) is 12.7. The van der Waals surface area contributed by atoms with E-state index in [1.807, 2.05) is 54.6 Å². The number of fused-ring (bicyclic) bond motifs is 1. The van der Waals surface area contributed by atoms with E-state index in [0.717, 1.165) is 11.1 Å². The largest absolute Gasteiger partial charge is 0.451 e. The first-order valence-corrected chi connectivity index (χ1v) is 9.08. The smallest absolute Gasteiger partial charge is 0.305 e. The maximum absolute atomic E-state index is 12.6. The van der Waals surface area contributed by atoms with Crippen LogP contribution in [-0.2, 0) is 5.75 Å². The van der Waals surface area contributed by atoms with Crippen LogP contribution in [0.4, 0.5) is 0 Å². The monoisotopic (exact) mass is 364 g/mol. The quantitative estimate of drug-likeness (QED) is 0.542. The summed E-state index contributed by atoms with van der Waals surface area (Å²) in [6.45, 7) is 1.79. The van der Waals surface area contributed by atoms with Crippen molar-refractivity contribution in [1.82, 2.24) is 14.9 Å². The zero-order chi connectivity index (χ0) is 17.9. The molecule has 1 N–H and O–H groups in total. The van der Waals surface area contributed by atoms with Gasteiger partial charge in [0.25, 0.3) is 0 Å². The topological polar surface area (TPSA) is 73.0 Å². The van der Waals surface area contributed by atoms with Crippen LogP contribution in [0, 0.1) is 6.92 Å². The predicted molar refractivity (Wildman–Crippen MR) is 101 cm³/mol. The fraction of sp³-hybridized carbons (Fsp3) is 0.105. The molecule has 0 bridgehead atoms. The second-order valence-corrected chi connectivity index (χ2v) is 6.67. The van der Waals surface area contributed by atoms with E-state index in [1.54, 1.807) is 17.7 Å². The lowest BCUT2D eigenvalue weighted by Gasteiger charge is -2.08. The Balaban J connectivity index is 1.52. The molecule has 0 saturated heterocycles. The molecule has 2 aromatic carbocycles. The van der Waals surface area contributed by atoms with E-state index in [1.165, 1.54) is 17.3 Å². The summed E-state index contributed by atoms with van der Waals surface area (Å²) in [4.78, 5) is 12.6.